The van der Waals surface area contributed by atoms with E-state index in [-0.39, 0.29) is 29.4 Å². The van der Waals surface area contributed by atoms with E-state index in [2.05, 4.69) is 9.98 Å². The van der Waals surface area contributed by atoms with Gasteiger partial charge in [-0.2, -0.15) is 0 Å². The summed E-state index contributed by atoms with van der Waals surface area (Å²) in [6, 6.07) is 0. The predicted octanol–water partition coefficient (Wildman–Crippen LogP) is -0.303. The zero-order valence-electron chi connectivity index (χ0n) is 9.06. The highest BCUT2D eigenvalue weighted by Crippen LogP contribution is 2.19. The van der Waals surface area contributed by atoms with E-state index < -0.39 is 11.6 Å². The monoisotopic (exact) mass is 231 g/mol. The molecule has 0 unspecified atom stereocenters. The molecule has 0 aromatic carbocycles. The van der Waals surface area contributed by atoms with E-state index >= 15 is 0 Å². The van der Waals surface area contributed by atoms with Gasteiger partial charge >= 0.3 is 0 Å². The van der Waals surface area contributed by atoms with Crippen molar-refractivity contribution in [3.05, 3.63) is 23.4 Å². The molecule has 86 valence electrons. The van der Waals surface area contributed by atoms with Gasteiger partial charge < -0.3 is 5.73 Å². The van der Waals surface area contributed by atoms with Crippen molar-refractivity contribution >= 4 is 29.0 Å². The maximum Gasteiger partial charge on any atom is 0.221 e. The standard InChI is InChI=1S/C11H9N3O3/c1-5(15)4-8(16)6-2-3-7-9(10(6)17)14-11(12)13-7/h2-3H,4H2,1H3,(H2,12,13). The van der Waals surface area contributed by atoms with Gasteiger partial charge in [-0.3, -0.25) is 14.4 Å². The molecule has 2 rings (SSSR count). The van der Waals surface area contributed by atoms with Gasteiger partial charge in [0.25, 0.3) is 0 Å². The van der Waals surface area contributed by atoms with Crippen molar-refractivity contribution in [1.82, 2.24) is 0 Å². The number of carbonyl (C=O) groups is 3. The summed E-state index contributed by atoms with van der Waals surface area (Å²) in [6.45, 7) is 1.29. The van der Waals surface area contributed by atoms with E-state index in [1.165, 1.54) is 19.1 Å². The maximum atomic E-state index is 11.9. The number of hydrogen-bond donors (Lipinski definition) is 1. The predicted molar refractivity (Wildman–Crippen MR) is 60.5 cm³/mol. The molecule has 2 aliphatic rings. The lowest BCUT2D eigenvalue weighted by Crippen LogP contribution is -2.25. The van der Waals surface area contributed by atoms with Gasteiger partial charge in [-0.15, -0.1) is 0 Å². The Bertz CT molecular complexity index is 565. The minimum Gasteiger partial charge on any atom is -0.368 e. The lowest BCUT2D eigenvalue weighted by atomic mass is 9.94. The third kappa shape index (κ3) is 1.96. The average molecular weight is 231 g/mol. The summed E-state index contributed by atoms with van der Waals surface area (Å²) in [5, 5.41) is 0. The van der Waals surface area contributed by atoms with Crippen LogP contribution in [0.25, 0.3) is 0 Å². The fourth-order valence-corrected chi connectivity index (χ4v) is 1.56. The third-order valence-electron chi connectivity index (χ3n) is 2.28. The molecule has 6 nitrogen and oxygen atoms in total. The van der Waals surface area contributed by atoms with Crippen molar-refractivity contribution in [2.75, 3.05) is 0 Å². The van der Waals surface area contributed by atoms with Gasteiger partial charge in [0.2, 0.25) is 11.7 Å². The Morgan fingerprint density at radius 2 is 2.00 bits per heavy atom. The lowest BCUT2D eigenvalue weighted by molar-refractivity contribution is -0.124. The number of Topliss-reactive ketones (excluding diaryl/α,β-unsaturated/α-hetero) is 3. The van der Waals surface area contributed by atoms with Crippen LogP contribution in [0, 0.1) is 0 Å². The first-order valence-corrected chi connectivity index (χ1v) is 4.91. The van der Waals surface area contributed by atoms with Gasteiger partial charge in [0.1, 0.15) is 11.5 Å². The van der Waals surface area contributed by atoms with Gasteiger partial charge in [-0.25, -0.2) is 9.98 Å². The first-order chi connectivity index (χ1) is 7.99. The smallest absolute Gasteiger partial charge is 0.221 e. The Kier molecular flexibility index (Phi) is 2.55. The number of carbonyl (C=O) groups excluding carboxylic acids is 3. The Hall–Kier alpha value is -2.37. The Labute approximate surface area is 96.6 Å². The van der Waals surface area contributed by atoms with Crippen LogP contribution in [0.3, 0.4) is 0 Å². The number of guanidine groups is 1. The number of ketones is 3. The van der Waals surface area contributed by atoms with Crippen molar-refractivity contribution in [3.8, 4) is 0 Å². The molecule has 0 aromatic heterocycles. The minimum absolute atomic E-state index is 0.00623. The van der Waals surface area contributed by atoms with Crippen LogP contribution in [-0.4, -0.2) is 29.0 Å². The highest BCUT2D eigenvalue weighted by atomic mass is 16.2. The number of fused-ring (bicyclic) bond motifs is 1. The lowest BCUT2D eigenvalue weighted by Gasteiger charge is -2.08. The maximum absolute atomic E-state index is 11.9. The Balaban J connectivity index is 2.30. The summed E-state index contributed by atoms with van der Waals surface area (Å²) < 4.78 is 0. The van der Waals surface area contributed by atoms with Crippen LogP contribution in [0.1, 0.15) is 13.3 Å². The number of nitrogens with two attached hydrogens (primary N) is 1. The molecule has 1 heterocycles. The second-order valence-electron chi connectivity index (χ2n) is 3.69. The van der Waals surface area contributed by atoms with E-state index in [4.69, 9.17) is 5.73 Å². The van der Waals surface area contributed by atoms with Crippen LogP contribution < -0.4 is 5.73 Å². The quantitative estimate of drug-likeness (QED) is 0.409. The largest absolute Gasteiger partial charge is 0.368 e. The molecule has 2 N–H and O–H groups in total. The minimum atomic E-state index is -0.530. The zero-order valence-corrected chi connectivity index (χ0v) is 9.06. The molecule has 6 heteroatoms. The van der Waals surface area contributed by atoms with Crippen LogP contribution in [0.5, 0.6) is 0 Å². The summed E-state index contributed by atoms with van der Waals surface area (Å²) in [6.07, 6.45) is 2.56. The molecule has 1 aliphatic heterocycles. The van der Waals surface area contributed by atoms with Crippen molar-refractivity contribution in [1.29, 1.82) is 0 Å². The molecular weight excluding hydrogens is 222 g/mol. The van der Waals surface area contributed by atoms with Gasteiger partial charge in [0, 0.05) is 0 Å². The second kappa shape index (κ2) is 3.89. The van der Waals surface area contributed by atoms with E-state index in [1.807, 2.05) is 0 Å². The van der Waals surface area contributed by atoms with Crippen molar-refractivity contribution < 1.29 is 14.4 Å². The fourth-order valence-electron chi connectivity index (χ4n) is 1.56. The highest BCUT2D eigenvalue weighted by Gasteiger charge is 2.31. The summed E-state index contributed by atoms with van der Waals surface area (Å²) >= 11 is 0. The third-order valence-corrected chi connectivity index (χ3v) is 2.28. The van der Waals surface area contributed by atoms with Crippen LogP contribution in [0.15, 0.2) is 33.4 Å². The van der Waals surface area contributed by atoms with E-state index in [0.717, 1.165) is 0 Å². The number of allylic oxidation sites excluding steroid dienone is 4. The highest BCUT2D eigenvalue weighted by molar-refractivity contribution is 6.58. The van der Waals surface area contributed by atoms with Crippen molar-refractivity contribution in [2.45, 2.75) is 13.3 Å². The van der Waals surface area contributed by atoms with Gasteiger partial charge in [-0.05, 0) is 19.1 Å². The van der Waals surface area contributed by atoms with Crippen LogP contribution >= 0.6 is 0 Å². The van der Waals surface area contributed by atoms with Gasteiger partial charge in [0.15, 0.2) is 5.78 Å². The normalized spacial score (nSPS) is 17.8. The summed E-state index contributed by atoms with van der Waals surface area (Å²) in [5.41, 5.74) is 5.74. The van der Waals surface area contributed by atoms with Crippen molar-refractivity contribution in [2.24, 2.45) is 15.7 Å². The van der Waals surface area contributed by atoms with Gasteiger partial charge in [-0.1, -0.05) is 0 Å². The number of rotatable bonds is 3. The van der Waals surface area contributed by atoms with E-state index in [9.17, 15) is 14.4 Å². The Morgan fingerprint density at radius 1 is 1.29 bits per heavy atom. The molecule has 0 bridgehead atoms. The topological polar surface area (TPSA) is 102 Å². The van der Waals surface area contributed by atoms with Crippen LogP contribution in [-0.2, 0) is 14.4 Å². The first-order valence-electron chi connectivity index (χ1n) is 4.91. The molecule has 1 aliphatic carbocycles. The summed E-state index contributed by atoms with van der Waals surface area (Å²) in [4.78, 5) is 41.9. The number of hydrogen-bond acceptors (Lipinski definition) is 6. The van der Waals surface area contributed by atoms with Crippen molar-refractivity contribution in [3.63, 3.8) is 0 Å². The molecular formula is C11H9N3O3. The van der Waals surface area contributed by atoms with E-state index in [0.29, 0.717) is 5.70 Å². The molecule has 17 heavy (non-hydrogen) atoms. The van der Waals surface area contributed by atoms with E-state index in [1.54, 1.807) is 0 Å². The molecule has 0 atom stereocenters. The van der Waals surface area contributed by atoms with Gasteiger partial charge in [0.05, 0.1) is 17.7 Å². The zero-order chi connectivity index (χ0) is 12.6. The molecule has 0 saturated heterocycles. The Morgan fingerprint density at radius 3 is 2.65 bits per heavy atom. The second-order valence-corrected chi connectivity index (χ2v) is 3.69. The molecule has 0 amide bonds. The molecule has 0 radical (unpaired) electrons. The van der Waals surface area contributed by atoms with Crippen LogP contribution in [0.4, 0.5) is 0 Å². The number of nitrogens with zero attached hydrogens (tertiary/aromatic N) is 2. The molecule has 0 fully saturated rings. The number of aliphatic imine (C=N–C) groups is 2. The first kappa shape index (κ1) is 11.1. The molecule has 0 aromatic rings. The molecule has 0 spiro atoms. The SMILES string of the molecule is CC(=O)CC(=O)C1=CC=C2N=C(N)N=C2C1=O. The summed E-state index contributed by atoms with van der Waals surface area (Å²) in [5.74, 6) is -1.33. The fraction of sp³-hybridized carbons (Fsp3) is 0.182. The summed E-state index contributed by atoms with van der Waals surface area (Å²) in [7, 11) is 0. The molecule has 0 saturated carbocycles. The average Bonchev–Trinajstić information content (AvgIpc) is 2.58. The van der Waals surface area contributed by atoms with Crippen LogP contribution in [0.2, 0.25) is 0 Å².